The van der Waals surface area contributed by atoms with E-state index in [1.807, 2.05) is 30.5 Å². The van der Waals surface area contributed by atoms with Crippen molar-refractivity contribution in [3.05, 3.63) is 84.2 Å². The van der Waals surface area contributed by atoms with Gasteiger partial charge in [0.25, 0.3) is 0 Å². The molecule has 1 saturated heterocycles. The third-order valence-corrected chi connectivity index (χ3v) is 5.32. The number of benzene rings is 2. The van der Waals surface area contributed by atoms with Gasteiger partial charge in [-0.1, -0.05) is 30.3 Å². The zero-order chi connectivity index (χ0) is 19.6. The number of hydrogen-bond donors (Lipinski definition) is 1. The van der Waals surface area contributed by atoms with E-state index < -0.39 is 0 Å². The van der Waals surface area contributed by atoms with Crippen LogP contribution in [0.2, 0.25) is 0 Å². The van der Waals surface area contributed by atoms with Crippen LogP contribution in [0, 0.1) is 5.82 Å². The van der Waals surface area contributed by atoms with Crippen LogP contribution in [-0.2, 0) is 11.3 Å². The largest absolute Gasteiger partial charge is 0.378 e. The maximum Gasteiger partial charge on any atom is 0.126 e. The Bertz CT molecular complexity index is 1140. The minimum Gasteiger partial charge on any atom is -0.378 e. The Hall–Kier alpha value is -3.09. The number of nitrogens with zero attached hydrogens (tertiary/aromatic N) is 3. The molecule has 0 saturated carbocycles. The van der Waals surface area contributed by atoms with Crippen LogP contribution < -0.4 is 0 Å². The van der Waals surface area contributed by atoms with E-state index in [0.29, 0.717) is 13.2 Å². The number of aromatic nitrogens is 3. The van der Waals surface area contributed by atoms with Crippen LogP contribution in [0.3, 0.4) is 0 Å². The molecule has 1 aliphatic heterocycles. The zero-order valence-electron chi connectivity index (χ0n) is 15.9. The standard InChI is InChI=1S/C23H21FN4O/c24-19-6-3-5-18(11-19)21-13-26-23(27-21)22-15-29-9-8-28(22)14-16-10-17-4-1-2-7-20(17)25-12-16/h1-7,10-13,22H,8-9,14-15H2,(H,26,27)/t22-/m0/s1. The number of rotatable bonds is 4. The lowest BCUT2D eigenvalue weighted by Gasteiger charge is -2.34. The van der Waals surface area contributed by atoms with Crippen molar-refractivity contribution in [3.8, 4) is 11.3 Å². The summed E-state index contributed by atoms with van der Waals surface area (Å²) in [6.45, 7) is 2.83. The second-order valence-electron chi connectivity index (χ2n) is 7.29. The number of fused-ring (bicyclic) bond motifs is 1. The number of halogens is 1. The molecule has 2 aromatic heterocycles. The maximum atomic E-state index is 13.6. The average Bonchev–Trinajstić information content (AvgIpc) is 3.24. The smallest absolute Gasteiger partial charge is 0.126 e. The first kappa shape index (κ1) is 18.0. The van der Waals surface area contributed by atoms with Gasteiger partial charge >= 0.3 is 0 Å². The molecule has 4 aromatic rings. The van der Waals surface area contributed by atoms with Gasteiger partial charge in [0.1, 0.15) is 11.6 Å². The summed E-state index contributed by atoms with van der Waals surface area (Å²) >= 11 is 0. The van der Waals surface area contributed by atoms with Gasteiger partial charge in [0.05, 0.1) is 36.7 Å². The monoisotopic (exact) mass is 388 g/mol. The zero-order valence-corrected chi connectivity index (χ0v) is 15.9. The van der Waals surface area contributed by atoms with E-state index in [1.54, 1.807) is 12.3 Å². The first-order valence-electron chi connectivity index (χ1n) is 9.72. The molecule has 3 heterocycles. The van der Waals surface area contributed by atoms with Gasteiger partial charge in [-0.2, -0.15) is 0 Å². The molecule has 5 rings (SSSR count). The minimum absolute atomic E-state index is 0.0116. The number of para-hydroxylation sites is 1. The number of ether oxygens (including phenoxy) is 1. The number of aromatic amines is 1. The molecule has 0 unspecified atom stereocenters. The molecule has 1 atom stereocenters. The lowest BCUT2D eigenvalue weighted by Crippen LogP contribution is -2.39. The van der Waals surface area contributed by atoms with Crippen LogP contribution in [-0.4, -0.2) is 39.6 Å². The molecule has 0 aliphatic carbocycles. The molecular formula is C23H21FN4O. The highest BCUT2D eigenvalue weighted by molar-refractivity contribution is 5.78. The molecule has 0 bridgehead atoms. The molecule has 146 valence electrons. The van der Waals surface area contributed by atoms with E-state index in [9.17, 15) is 4.39 Å². The summed E-state index contributed by atoms with van der Waals surface area (Å²) in [6.07, 6.45) is 3.70. The summed E-state index contributed by atoms with van der Waals surface area (Å²) in [4.78, 5) is 14.9. The van der Waals surface area contributed by atoms with E-state index in [4.69, 9.17) is 4.74 Å². The van der Waals surface area contributed by atoms with E-state index in [1.165, 1.54) is 12.1 Å². The fourth-order valence-electron chi connectivity index (χ4n) is 3.83. The second kappa shape index (κ2) is 7.73. The van der Waals surface area contributed by atoms with Crippen LogP contribution in [0.1, 0.15) is 17.4 Å². The Labute approximate surface area is 168 Å². The van der Waals surface area contributed by atoms with Crippen LogP contribution in [0.15, 0.2) is 67.0 Å². The predicted octanol–water partition coefficient (Wildman–Crippen LogP) is 4.34. The van der Waals surface area contributed by atoms with Crippen LogP contribution in [0.25, 0.3) is 22.2 Å². The quantitative estimate of drug-likeness (QED) is 0.565. The molecule has 5 nitrogen and oxygen atoms in total. The molecule has 0 spiro atoms. The summed E-state index contributed by atoms with van der Waals surface area (Å²) in [5.41, 5.74) is 3.75. The van der Waals surface area contributed by atoms with Crippen molar-refractivity contribution >= 4 is 10.9 Å². The summed E-state index contributed by atoms with van der Waals surface area (Å²) in [6, 6.07) is 16.9. The molecule has 1 fully saturated rings. The van der Waals surface area contributed by atoms with Gasteiger partial charge in [0.15, 0.2) is 0 Å². The van der Waals surface area contributed by atoms with Crippen LogP contribution in [0.4, 0.5) is 4.39 Å². The van der Waals surface area contributed by atoms with Gasteiger partial charge in [-0.25, -0.2) is 9.37 Å². The molecule has 0 amide bonds. The highest BCUT2D eigenvalue weighted by Gasteiger charge is 2.27. The predicted molar refractivity (Wildman–Crippen MR) is 110 cm³/mol. The maximum absolute atomic E-state index is 13.6. The number of morpholine rings is 1. The molecule has 6 heteroatoms. The van der Waals surface area contributed by atoms with Gasteiger partial charge in [0, 0.05) is 30.2 Å². The van der Waals surface area contributed by atoms with Crippen LogP contribution >= 0.6 is 0 Å². The van der Waals surface area contributed by atoms with E-state index in [-0.39, 0.29) is 11.9 Å². The summed E-state index contributed by atoms with van der Waals surface area (Å²) in [7, 11) is 0. The number of H-pyrrole nitrogens is 1. The topological polar surface area (TPSA) is 54.0 Å². The Morgan fingerprint density at radius 3 is 2.93 bits per heavy atom. The third-order valence-electron chi connectivity index (χ3n) is 5.32. The van der Waals surface area contributed by atoms with E-state index in [0.717, 1.165) is 46.6 Å². The second-order valence-corrected chi connectivity index (χ2v) is 7.29. The Kier molecular flexibility index (Phi) is 4.79. The number of imidazole rings is 1. The van der Waals surface area contributed by atoms with Gasteiger partial charge in [-0.05, 0) is 29.8 Å². The molecule has 2 aromatic carbocycles. The lowest BCUT2D eigenvalue weighted by molar-refractivity contribution is -0.0156. The first-order valence-corrected chi connectivity index (χ1v) is 9.72. The summed E-state index contributed by atoms with van der Waals surface area (Å²) in [5.74, 6) is 0.572. The summed E-state index contributed by atoms with van der Waals surface area (Å²) in [5, 5.41) is 1.14. The van der Waals surface area contributed by atoms with Gasteiger partial charge in [-0.3, -0.25) is 9.88 Å². The van der Waals surface area contributed by atoms with E-state index >= 15 is 0 Å². The van der Waals surface area contributed by atoms with Crippen LogP contribution in [0.5, 0.6) is 0 Å². The highest BCUT2D eigenvalue weighted by Crippen LogP contribution is 2.27. The lowest BCUT2D eigenvalue weighted by atomic mass is 10.1. The number of pyridine rings is 1. The SMILES string of the molecule is Fc1cccc(-c2cnc([C@@H]3COCCN3Cc3cnc4ccccc4c3)[nH]2)c1. The molecule has 1 aliphatic rings. The number of hydrogen-bond acceptors (Lipinski definition) is 4. The van der Waals surface area contributed by atoms with E-state index in [2.05, 4.69) is 32.0 Å². The average molecular weight is 388 g/mol. The van der Waals surface area contributed by atoms with Crippen molar-refractivity contribution in [1.29, 1.82) is 0 Å². The minimum atomic E-state index is -0.259. The van der Waals surface area contributed by atoms with Crippen molar-refractivity contribution in [1.82, 2.24) is 19.9 Å². The number of nitrogens with one attached hydrogen (secondary N) is 1. The molecular weight excluding hydrogens is 367 g/mol. The van der Waals surface area contributed by atoms with Crippen molar-refractivity contribution in [2.24, 2.45) is 0 Å². The first-order chi connectivity index (χ1) is 14.3. The Balaban J connectivity index is 1.40. The molecule has 1 N–H and O–H groups in total. The summed E-state index contributed by atoms with van der Waals surface area (Å²) < 4.78 is 19.3. The molecule has 0 radical (unpaired) electrons. The normalized spacial score (nSPS) is 17.6. The van der Waals surface area contributed by atoms with Crippen molar-refractivity contribution in [3.63, 3.8) is 0 Å². The third kappa shape index (κ3) is 3.77. The fourth-order valence-corrected chi connectivity index (χ4v) is 3.83. The Morgan fingerprint density at radius 1 is 1.07 bits per heavy atom. The van der Waals surface area contributed by atoms with Gasteiger partial charge < -0.3 is 9.72 Å². The van der Waals surface area contributed by atoms with Gasteiger partial charge in [0.2, 0.25) is 0 Å². The molecule has 29 heavy (non-hydrogen) atoms. The van der Waals surface area contributed by atoms with Crippen molar-refractivity contribution < 1.29 is 9.13 Å². The highest BCUT2D eigenvalue weighted by atomic mass is 19.1. The Morgan fingerprint density at radius 2 is 2.00 bits per heavy atom. The van der Waals surface area contributed by atoms with Gasteiger partial charge in [-0.15, -0.1) is 0 Å². The van der Waals surface area contributed by atoms with Crippen molar-refractivity contribution in [2.75, 3.05) is 19.8 Å². The fraction of sp³-hybridized carbons (Fsp3) is 0.217. The van der Waals surface area contributed by atoms with Crippen molar-refractivity contribution in [2.45, 2.75) is 12.6 Å².